The number of halogens is 3. The first-order valence-corrected chi connectivity index (χ1v) is 8.67. The second kappa shape index (κ2) is 17.0. The summed E-state index contributed by atoms with van der Waals surface area (Å²) in [5.41, 5.74) is 0. The third kappa shape index (κ3) is 19.7. The molecular formula is C15H18Br3CoO6. The monoisotopic (exact) mass is 590 g/mol. The molecular weight excluding hydrogens is 575 g/mol. The molecule has 0 spiro atoms. The van der Waals surface area contributed by atoms with Crippen LogP contribution in [0, 0.1) is 0 Å². The van der Waals surface area contributed by atoms with E-state index in [-0.39, 0.29) is 64.9 Å². The molecule has 25 heavy (non-hydrogen) atoms. The Morgan fingerprint density at radius 1 is 0.520 bits per heavy atom. The molecule has 0 N–H and O–H groups in total. The normalized spacial score (nSPS) is 12.4. The van der Waals surface area contributed by atoms with Gasteiger partial charge in [0.2, 0.25) is 0 Å². The fourth-order valence-corrected chi connectivity index (χ4v) is 0.744. The van der Waals surface area contributed by atoms with Crippen molar-refractivity contribution in [1.82, 2.24) is 0 Å². The van der Waals surface area contributed by atoms with Crippen LogP contribution >= 0.6 is 47.8 Å². The van der Waals surface area contributed by atoms with Gasteiger partial charge in [-0.3, -0.25) is 14.4 Å². The average molecular weight is 593 g/mol. The van der Waals surface area contributed by atoms with Gasteiger partial charge >= 0.3 is 16.8 Å². The quantitative estimate of drug-likeness (QED) is 0.363. The molecule has 6 nitrogen and oxygen atoms in total. The van der Waals surface area contributed by atoms with E-state index in [0.717, 1.165) is 0 Å². The van der Waals surface area contributed by atoms with Gasteiger partial charge in [0.15, 0.2) is 17.3 Å². The second-order valence-electron chi connectivity index (χ2n) is 4.28. The predicted octanol–water partition coefficient (Wildman–Crippen LogP) is 1.68. The fourth-order valence-electron chi connectivity index (χ4n) is 0.744. The summed E-state index contributed by atoms with van der Waals surface area (Å²) in [6.45, 7) is 8.03. The predicted molar refractivity (Wildman–Crippen MR) is 96.9 cm³/mol. The van der Waals surface area contributed by atoms with E-state index < -0.39 is 0 Å². The van der Waals surface area contributed by atoms with Crippen LogP contribution in [0.5, 0.6) is 0 Å². The molecule has 10 heteroatoms. The second-order valence-corrected chi connectivity index (χ2v) is 6.66. The molecule has 0 saturated carbocycles. The maximum Gasteiger partial charge on any atom is 3.00 e. The number of allylic oxidation sites excluding steroid dienone is 6. The van der Waals surface area contributed by atoms with Crippen molar-refractivity contribution in [3.05, 3.63) is 30.7 Å². The van der Waals surface area contributed by atoms with Crippen molar-refractivity contribution in [2.75, 3.05) is 0 Å². The SMILES string of the molecule is CC(=O)C(Br)=C(C)[O-].CC(=O)C(Br)=C(C)[O-].CC(=O)C(Br)=C(C)[O-].[Co+3]. The topological polar surface area (TPSA) is 120 Å². The minimum Gasteiger partial charge on any atom is -0.875 e. The number of ketones is 3. The molecule has 0 aromatic rings. The third-order valence-corrected chi connectivity index (χ3v) is 5.20. The van der Waals surface area contributed by atoms with Gasteiger partial charge in [-0.15, -0.1) is 17.3 Å². The minimum atomic E-state index is -0.225. The molecule has 0 amide bonds. The van der Waals surface area contributed by atoms with Crippen LogP contribution in [-0.2, 0) is 31.2 Å². The number of rotatable bonds is 3. The van der Waals surface area contributed by atoms with Crippen molar-refractivity contribution in [2.24, 2.45) is 0 Å². The van der Waals surface area contributed by atoms with E-state index in [4.69, 9.17) is 0 Å². The van der Waals surface area contributed by atoms with Gasteiger partial charge in [0, 0.05) is 13.4 Å². The molecule has 0 atom stereocenters. The first-order valence-electron chi connectivity index (χ1n) is 6.29. The molecule has 0 bridgehead atoms. The Morgan fingerprint density at radius 3 is 0.640 bits per heavy atom. The van der Waals surface area contributed by atoms with E-state index in [9.17, 15) is 29.7 Å². The van der Waals surface area contributed by atoms with Crippen LogP contribution in [0.4, 0.5) is 0 Å². The maximum absolute atomic E-state index is 10.3. The number of carbonyl (C=O) groups is 3. The summed E-state index contributed by atoms with van der Waals surface area (Å²) in [5.74, 6) is -1.35. The molecule has 0 aliphatic carbocycles. The van der Waals surface area contributed by atoms with Crippen molar-refractivity contribution in [3.8, 4) is 0 Å². The van der Waals surface area contributed by atoms with Crippen LogP contribution in [0.2, 0.25) is 0 Å². The summed E-state index contributed by atoms with van der Waals surface area (Å²) >= 11 is 8.47. The van der Waals surface area contributed by atoms with E-state index >= 15 is 0 Å². The Kier molecular flexibility index (Phi) is 22.0. The number of Topliss-reactive ketones (excluding diaryl/α,β-unsaturated/α-hetero) is 3. The van der Waals surface area contributed by atoms with Gasteiger partial charge in [-0.2, -0.15) is 0 Å². The number of carbonyl (C=O) groups excluding carboxylic acids is 3. The van der Waals surface area contributed by atoms with Crippen LogP contribution in [0.1, 0.15) is 41.5 Å². The first-order chi connectivity index (χ1) is 10.7. The summed E-state index contributed by atoms with van der Waals surface area (Å²) < 4.78 is 0.410. The van der Waals surface area contributed by atoms with Crippen molar-refractivity contribution in [1.29, 1.82) is 0 Å². The Bertz CT molecular complexity index is 487. The Hall–Kier alpha value is -0.424. The third-order valence-electron chi connectivity index (χ3n) is 1.85. The molecule has 0 aromatic heterocycles. The Labute approximate surface area is 183 Å². The molecule has 144 valence electrons. The average Bonchev–Trinajstić information content (AvgIpc) is 2.45. The molecule has 0 aromatic carbocycles. The van der Waals surface area contributed by atoms with Gasteiger partial charge in [0.05, 0.1) is 0 Å². The van der Waals surface area contributed by atoms with Gasteiger partial charge in [0.1, 0.15) is 0 Å². The molecule has 0 unspecified atom stereocenters. The van der Waals surface area contributed by atoms with Crippen LogP contribution < -0.4 is 15.3 Å². The minimum absolute atomic E-state index is 0. The van der Waals surface area contributed by atoms with Crippen LogP contribution in [0.3, 0.4) is 0 Å². The first kappa shape index (κ1) is 32.3. The zero-order valence-electron chi connectivity index (χ0n) is 14.4. The zero-order valence-corrected chi connectivity index (χ0v) is 20.2. The molecule has 0 saturated heterocycles. The summed E-state index contributed by atoms with van der Waals surface area (Å²) in [6.07, 6.45) is 0. The summed E-state index contributed by atoms with van der Waals surface area (Å²) in [6, 6.07) is 0. The molecule has 0 rings (SSSR count). The summed E-state index contributed by atoms with van der Waals surface area (Å²) in [5, 5.41) is 30.8. The van der Waals surface area contributed by atoms with Crippen LogP contribution in [0.15, 0.2) is 30.7 Å². The van der Waals surface area contributed by atoms with Crippen molar-refractivity contribution in [2.45, 2.75) is 41.5 Å². The van der Waals surface area contributed by atoms with E-state index in [1.807, 2.05) is 0 Å². The maximum atomic E-state index is 10.3. The molecule has 0 aliphatic rings. The fraction of sp³-hybridized carbons (Fsp3) is 0.400. The molecule has 0 heterocycles. The van der Waals surface area contributed by atoms with Crippen molar-refractivity contribution in [3.63, 3.8) is 0 Å². The van der Waals surface area contributed by atoms with Gasteiger partial charge in [-0.05, 0) is 68.6 Å². The van der Waals surface area contributed by atoms with Crippen molar-refractivity contribution < 1.29 is 46.5 Å². The number of hydrogen-bond donors (Lipinski definition) is 0. The molecule has 0 fully saturated rings. The van der Waals surface area contributed by atoms with Gasteiger partial charge < -0.3 is 15.3 Å². The Balaban J connectivity index is -0.000000130. The summed E-state index contributed by atoms with van der Waals surface area (Å²) in [4.78, 5) is 30.8. The van der Waals surface area contributed by atoms with Gasteiger partial charge in [-0.1, -0.05) is 20.8 Å². The van der Waals surface area contributed by atoms with Gasteiger partial charge in [-0.25, -0.2) is 0 Å². The van der Waals surface area contributed by atoms with Crippen molar-refractivity contribution >= 4 is 65.1 Å². The molecule has 0 aliphatic heterocycles. The largest absolute Gasteiger partial charge is 3.00 e. The van der Waals surface area contributed by atoms with E-state index in [1.54, 1.807) is 0 Å². The van der Waals surface area contributed by atoms with Crippen LogP contribution in [0.25, 0.3) is 0 Å². The standard InChI is InChI=1S/3C5H7BrO2.Co/c3*1-3(7)5(6)4(2)8;/h3*7H,1-2H3;/q;;;+3/p-3. The van der Waals surface area contributed by atoms with Crippen LogP contribution in [-0.4, -0.2) is 17.3 Å². The van der Waals surface area contributed by atoms with E-state index in [1.165, 1.54) is 41.5 Å². The van der Waals surface area contributed by atoms with E-state index in [2.05, 4.69) is 47.8 Å². The summed E-state index contributed by atoms with van der Waals surface area (Å²) in [7, 11) is 0. The smallest absolute Gasteiger partial charge is 0.875 e. The zero-order chi connectivity index (χ0) is 20.2. The van der Waals surface area contributed by atoms with E-state index in [0.29, 0.717) is 0 Å². The number of hydrogen-bond acceptors (Lipinski definition) is 6. The molecule has 0 radical (unpaired) electrons. The van der Waals surface area contributed by atoms with Gasteiger partial charge in [0.25, 0.3) is 0 Å². The Morgan fingerprint density at radius 2 is 0.640 bits per heavy atom.